The molecular weight excluding hydrogens is 254 g/mol. The topological polar surface area (TPSA) is 18.5 Å². The molecule has 0 aliphatic carbocycles. The molecule has 0 aromatic carbocycles. The van der Waals surface area contributed by atoms with Crippen molar-refractivity contribution in [3.63, 3.8) is 0 Å². The molecule has 0 aromatic rings. The Hall–Kier alpha value is -0.500. The summed E-state index contributed by atoms with van der Waals surface area (Å²) in [5, 5.41) is 0. The van der Waals surface area contributed by atoms with Crippen LogP contribution in [-0.2, 0) is 9.47 Å². The quantitative estimate of drug-likeness (QED) is 0.561. The summed E-state index contributed by atoms with van der Waals surface area (Å²) in [5.74, 6) is -6.44. The molecule has 0 radical (unpaired) electrons. The molecule has 0 N–H and O–H groups in total. The molecule has 0 fully saturated rings. The Balaban J connectivity index is 5.38. The van der Waals surface area contributed by atoms with Gasteiger partial charge in [0, 0.05) is 13.2 Å². The van der Waals surface area contributed by atoms with E-state index in [9.17, 15) is 26.3 Å². The van der Waals surface area contributed by atoms with Crippen molar-refractivity contribution < 1.29 is 35.8 Å². The molecule has 0 heterocycles. The van der Waals surface area contributed by atoms with Gasteiger partial charge in [-0.3, -0.25) is 0 Å². The Bertz CT molecular complexity index is 215. The first kappa shape index (κ1) is 16.5. The van der Waals surface area contributed by atoms with Gasteiger partial charge in [-0.05, 0) is 20.8 Å². The molecule has 0 spiro atoms. The molecule has 0 unspecified atom stereocenters. The molecule has 0 aliphatic rings. The van der Waals surface area contributed by atoms with E-state index in [1.54, 1.807) is 0 Å². The van der Waals surface area contributed by atoms with Crippen LogP contribution in [0.3, 0.4) is 0 Å². The minimum atomic E-state index is -5.49. The van der Waals surface area contributed by atoms with E-state index in [-0.39, 0.29) is 13.2 Å². The average molecular weight is 268 g/mol. The number of alkyl halides is 6. The number of hydrogen-bond acceptors (Lipinski definition) is 2. The second-order valence-corrected chi connectivity index (χ2v) is 3.40. The number of hydrogen-bond donors (Lipinski definition) is 0. The van der Waals surface area contributed by atoms with Crippen LogP contribution in [0.15, 0.2) is 0 Å². The molecule has 8 heteroatoms. The summed E-state index contributed by atoms with van der Waals surface area (Å²) in [7, 11) is 0. The standard InChI is InChI=1S/C9H14F6O2/c1-4-16-7(3,17-5-2)6(8(10,11)12)9(13,14)15/h6H,4-5H2,1-3H3. The van der Waals surface area contributed by atoms with E-state index in [0.29, 0.717) is 6.92 Å². The molecule has 0 aliphatic heterocycles. The van der Waals surface area contributed by atoms with Gasteiger partial charge >= 0.3 is 12.4 Å². The highest BCUT2D eigenvalue weighted by Crippen LogP contribution is 2.47. The maximum absolute atomic E-state index is 12.5. The zero-order valence-corrected chi connectivity index (χ0v) is 9.58. The Labute approximate surface area is 94.9 Å². The second-order valence-electron chi connectivity index (χ2n) is 3.40. The zero-order chi connectivity index (χ0) is 13.9. The summed E-state index contributed by atoms with van der Waals surface area (Å²) in [5.41, 5.74) is 0. The molecule has 0 saturated carbocycles. The van der Waals surface area contributed by atoms with E-state index in [4.69, 9.17) is 0 Å². The van der Waals surface area contributed by atoms with Crippen LogP contribution >= 0.6 is 0 Å². The second kappa shape index (κ2) is 5.43. The first-order valence-electron chi connectivity index (χ1n) is 4.90. The Morgan fingerprint density at radius 2 is 1.12 bits per heavy atom. The number of ether oxygens (including phenoxy) is 2. The molecule has 0 aromatic heterocycles. The third kappa shape index (κ3) is 4.34. The predicted molar refractivity (Wildman–Crippen MR) is 47.3 cm³/mol. The lowest BCUT2D eigenvalue weighted by molar-refractivity contribution is -0.385. The van der Waals surface area contributed by atoms with Crippen LogP contribution < -0.4 is 0 Å². The highest BCUT2D eigenvalue weighted by molar-refractivity contribution is 4.87. The van der Waals surface area contributed by atoms with Crippen LogP contribution in [0.25, 0.3) is 0 Å². The lowest BCUT2D eigenvalue weighted by atomic mass is 9.98. The van der Waals surface area contributed by atoms with Crippen molar-refractivity contribution in [3.8, 4) is 0 Å². The summed E-state index contributed by atoms with van der Waals surface area (Å²) < 4.78 is 83.9. The fraction of sp³-hybridized carbons (Fsp3) is 1.00. The van der Waals surface area contributed by atoms with Crippen molar-refractivity contribution in [3.05, 3.63) is 0 Å². The van der Waals surface area contributed by atoms with E-state index in [0.717, 1.165) is 0 Å². The van der Waals surface area contributed by atoms with Gasteiger partial charge in [-0.1, -0.05) is 0 Å². The van der Waals surface area contributed by atoms with Crippen LogP contribution in [0.1, 0.15) is 20.8 Å². The van der Waals surface area contributed by atoms with Gasteiger partial charge in [-0.15, -0.1) is 0 Å². The molecular formula is C9H14F6O2. The van der Waals surface area contributed by atoms with Gasteiger partial charge in [0.1, 0.15) is 0 Å². The third-order valence-electron chi connectivity index (χ3n) is 2.04. The van der Waals surface area contributed by atoms with Crippen LogP contribution in [0.5, 0.6) is 0 Å². The van der Waals surface area contributed by atoms with Crippen LogP contribution in [0.2, 0.25) is 0 Å². The molecule has 0 saturated heterocycles. The van der Waals surface area contributed by atoms with Gasteiger partial charge in [-0.25, -0.2) is 0 Å². The largest absolute Gasteiger partial charge is 0.405 e. The monoisotopic (exact) mass is 268 g/mol. The van der Waals surface area contributed by atoms with Crippen molar-refractivity contribution in [1.29, 1.82) is 0 Å². The van der Waals surface area contributed by atoms with Crippen molar-refractivity contribution in [2.45, 2.75) is 38.9 Å². The lowest BCUT2D eigenvalue weighted by Crippen LogP contribution is -2.55. The maximum atomic E-state index is 12.5. The fourth-order valence-corrected chi connectivity index (χ4v) is 1.56. The first-order chi connectivity index (χ1) is 7.49. The Kier molecular flexibility index (Phi) is 5.27. The molecule has 0 bridgehead atoms. The van der Waals surface area contributed by atoms with Gasteiger partial charge in [-0.2, -0.15) is 26.3 Å². The van der Waals surface area contributed by atoms with E-state index in [1.165, 1.54) is 13.8 Å². The van der Waals surface area contributed by atoms with Crippen LogP contribution in [0.4, 0.5) is 26.3 Å². The predicted octanol–water partition coefficient (Wildman–Crippen LogP) is 3.52. The average Bonchev–Trinajstić information content (AvgIpc) is 1.97. The lowest BCUT2D eigenvalue weighted by Gasteiger charge is -2.38. The Morgan fingerprint density at radius 3 is 1.29 bits per heavy atom. The molecule has 0 atom stereocenters. The highest BCUT2D eigenvalue weighted by Gasteiger charge is 2.66. The summed E-state index contributed by atoms with van der Waals surface area (Å²) >= 11 is 0. The van der Waals surface area contributed by atoms with Crippen molar-refractivity contribution in [1.82, 2.24) is 0 Å². The third-order valence-corrected chi connectivity index (χ3v) is 2.04. The smallest absolute Gasteiger partial charge is 0.349 e. The summed E-state index contributed by atoms with van der Waals surface area (Å²) in [4.78, 5) is 0. The SMILES string of the molecule is CCOC(C)(OCC)C(C(F)(F)F)C(F)(F)F. The minimum absolute atomic E-state index is 0.320. The van der Waals surface area contributed by atoms with E-state index >= 15 is 0 Å². The minimum Gasteiger partial charge on any atom is -0.349 e. The highest BCUT2D eigenvalue weighted by atomic mass is 19.4. The summed E-state index contributed by atoms with van der Waals surface area (Å²) in [6.45, 7) is 2.59. The normalized spacial score (nSPS) is 14.5. The van der Waals surface area contributed by atoms with Gasteiger partial charge < -0.3 is 9.47 Å². The molecule has 0 rings (SSSR count). The van der Waals surface area contributed by atoms with Crippen LogP contribution in [0, 0.1) is 5.92 Å². The molecule has 0 amide bonds. The molecule has 2 nitrogen and oxygen atoms in total. The number of rotatable bonds is 5. The Morgan fingerprint density at radius 1 is 0.824 bits per heavy atom. The van der Waals surface area contributed by atoms with Gasteiger partial charge in [0.25, 0.3) is 0 Å². The maximum Gasteiger partial charge on any atom is 0.405 e. The van der Waals surface area contributed by atoms with Gasteiger partial charge in [0.05, 0.1) is 0 Å². The van der Waals surface area contributed by atoms with E-state index in [1.807, 2.05) is 0 Å². The first-order valence-corrected chi connectivity index (χ1v) is 4.90. The van der Waals surface area contributed by atoms with Crippen molar-refractivity contribution in [2.24, 2.45) is 5.92 Å². The zero-order valence-electron chi connectivity index (χ0n) is 9.58. The fourth-order valence-electron chi connectivity index (χ4n) is 1.56. The van der Waals surface area contributed by atoms with Crippen molar-refractivity contribution in [2.75, 3.05) is 13.2 Å². The molecule has 104 valence electrons. The van der Waals surface area contributed by atoms with Crippen LogP contribution in [-0.4, -0.2) is 31.4 Å². The number of halogens is 6. The van der Waals surface area contributed by atoms with Crippen molar-refractivity contribution >= 4 is 0 Å². The summed E-state index contributed by atoms with van der Waals surface area (Å²) in [6, 6.07) is 0. The molecule has 17 heavy (non-hydrogen) atoms. The van der Waals surface area contributed by atoms with Gasteiger partial charge in [0.2, 0.25) is 5.92 Å². The van der Waals surface area contributed by atoms with E-state index < -0.39 is 24.1 Å². The van der Waals surface area contributed by atoms with Gasteiger partial charge in [0.15, 0.2) is 5.79 Å². The van der Waals surface area contributed by atoms with E-state index in [2.05, 4.69) is 9.47 Å². The summed E-state index contributed by atoms with van der Waals surface area (Å²) in [6.07, 6.45) is -11.0.